The van der Waals surface area contributed by atoms with Crippen LogP contribution < -0.4 is 19.6 Å². The minimum absolute atomic E-state index is 0.223. The molecule has 0 aromatic heterocycles. The Balaban J connectivity index is 2.05. The van der Waals surface area contributed by atoms with E-state index in [1.54, 1.807) is 43.3 Å². The van der Waals surface area contributed by atoms with Crippen molar-refractivity contribution in [2.24, 2.45) is 5.10 Å². The van der Waals surface area contributed by atoms with E-state index in [2.05, 4.69) is 15.3 Å². The molecule has 0 saturated heterocycles. The third-order valence-electron chi connectivity index (χ3n) is 3.86. The van der Waals surface area contributed by atoms with Gasteiger partial charge in [0, 0.05) is 5.56 Å². The molecule has 166 valence electrons. The predicted molar refractivity (Wildman–Crippen MR) is 117 cm³/mol. The summed E-state index contributed by atoms with van der Waals surface area (Å²) in [6.45, 7) is 4.50. The molecule has 0 fully saturated rings. The van der Waals surface area contributed by atoms with E-state index in [-0.39, 0.29) is 23.3 Å². The van der Waals surface area contributed by atoms with Crippen molar-refractivity contribution in [1.29, 1.82) is 0 Å². The zero-order valence-electron chi connectivity index (χ0n) is 17.6. The molecular formula is C22H25ClN2O6. The average molecular weight is 449 g/mol. The summed E-state index contributed by atoms with van der Waals surface area (Å²) in [4.78, 5) is 23.6. The molecule has 0 heterocycles. The molecule has 2 rings (SSSR count). The Bertz CT molecular complexity index is 915. The first kappa shape index (κ1) is 24.0. The van der Waals surface area contributed by atoms with Crippen molar-refractivity contribution >= 4 is 29.7 Å². The molecule has 0 aliphatic carbocycles. The van der Waals surface area contributed by atoms with Gasteiger partial charge in [0.1, 0.15) is 5.75 Å². The molecule has 0 unspecified atom stereocenters. The minimum atomic E-state index is -0.545. The standard InChI is InChI=1S/C22H25ClN2O6/c1-4-10-30-17-8-6-16(7-9-17)22(27)25-24-13-15-11-18(23)21(19(12-15)29-5-2)31-14-20(26)28-3/h6-9,11-13H,4-5,10,14H2,1-3H3,(H,25,27)/b24-13-. The van der Waals surface area contributed by atoms with E-state index >= 15 is 0 Å². The molecule has 1 N–H and O–H groups in total. The number of rotatable bonds is 11. The fourth-order valence-corrected chi connectivity index (χ4v) is 2.68. The van der Waals surface area contributed by atoms with Crippen LogP contribution in [0.2, 0.25) is 5.02 Å². The minimum Gasteiger partial charge on any atom is -0.494 e. The molecule has 31 heavy (non-hydrogen) atoms. The van der Waals surface area contributed by atoms with E-state index in [1.165, 1.54) is 13.3 Å². The van der Waals surface area contributed by atoms with Gasteiger partial charge in [-0.15, -0.1) is 0 Å². The number of halogens is 1. The van der Waals surface area contributed by atoms with Gasteiger partial charge in [0.15, 0.2) is 18.1 Å². The Morgan fingerprint density at radius 2 is 1.84 bits per heavy atom. The zero-order valence-corrected chi connectivity index (χ0v) is 18.4. The molecule has 8 nitrogen and oxygen atoms in total. The molecule has 1 amide bonds. The van der Waals surface area contributed by atoms with Gasteiger partial charge in [-0.25, -0.2) is 10.2 Å². The van der Waals surface area contributed by atoms with Crippen molar-refractivity contribution in [1.82, 2.24) is 5.43 Å². The van der Waals surface area contributed by atoms with Crippen LogP contribution in [0.15, 0.2) is 41.5 Å². The third kappa shape index (κ3) is 7.49. The van der Waals surface area contributed by atoms with Crippen LogP contribution >= 0.6 is 11.6 Å². The first-order valence-electron chi connectivity index (χ1n) is 9.70. The quantitative estimate of drug-likeness (QED) is 0.319. The molecule has 0 spiro atoms. The number of nitrogens with zero attached hydrogens (tertiary/aromatic N) is 1. The second-order valence-corrected chi connectivity index (χ2v) is 6.61. The fourth-order valence-electron chi connectivity index (χ4n) is 2.41. The van der Waals surface area contributed by atoms with E-state index in [0.29, 0.717) is 35.8 Å². The molecular weight excluding hydrogens is 424 g/mol. The van der Waals surface area contributed by atoms with Crippen molar-refractivity contribution in [3.63, 3.8) is 0 Å². The van der Waals surface area contributed by atoms with Crippen molar-refractivity contribution < 1.29 is 28.5 Å². The van der Waals surface area contributed by atoms with Gasteiger partial charge < -0.3 is 18.9 Å². The van der Waals surface area contributed by atoms with E-state index < -0.39 is 5.97 Å². The number of ether oxygens (including phenoxy) is 4. The molecule has 0 saturated carbocycles. The van der Waals surface area contributed by atoms with Crippen LogP contribution in [0, 0.1) is 0 Å². The van der Waals surface area contributed by atoms with Gasteiger partial charge in [0.05, 0.1) is 31.6 Å². The number of amides is 1. The van der Waals surface area contributed by atoms with Gasteiger partial charge in [0.2, 0.25) is 0 Å². The lowest BCUT2D eigenvalue weighted by Crippen LogP contribution is -2.17. The molecule has 0 radical (unpaired) electrons. The van der Waals surface area contributed by atoms with Crippen molar-refractivity contribution in [3.05, 3.63) is 52.5 Å². The maximum atomic E-state index is 12.2. The lowest BCUT2D eigenvalue weighted by Gasteiger charge is -2.13. The number of esters is 1. The van der Waals surface area contributed by atoms with Gasteiger partial charge in [-0.05, 0) is 55.3 Å². The summed E-state index contributed by atoms with van der Waals surface area (Å²) in [5, 5.41) is 4.19. The van der Waals surface area contributed by atoms with E-state index in [1.807, 2.05) is 6.92 Å². The van der Waals surface area contributed by atoms with Gasteiger partial charge in [-0.3, -0.25) is 4.79 Å². The second-order valence-electron chi connectivity index (χ2n) is 6.20. The molecule has 9 heteroatoms. The van der Waals surface area contributed by atoms with E-state index in [9.17, 15) is 9.59 Å². The zero-order chi connectivity index (χ0) is 22.6. The molecule has 0 atom stereocenters. The van der Waals surface area contributed by atoms with Gasteiger partial charge in [0.25, 0.3) is 5.91 Å². The summed E-state index contributed by atoms with van der Waals surface area (Å²) in [6.07, 6.45) is 2.33. The van der Waals surface area contributed by atoms with Crippen LogP contribution in [0.1, 0.15) is 36.2 Å². The van der Waals surface area contributed by atoms with Crippen molar-refractivity contribution in [3.8, 4) is 17.2 Å². The lowest BCUT2D eigenvalue weighted by atomic mass is 10.2. The van der Waals surface area contributed by atoms with Crippen molar-refractivity contribution in [2.75, 3.05) is 26.9 Å². The third-order valence-corrected chi connectivity index (χ3v) is 4.14. The number of hydrogen-bond acceptors (Lipinski definition) is 7. The first-order valence-corrected chi connectivity index (χ1v) is 10.1. The highest BCUT2D eigenvalue weighted by atomic mass is 35.5. The summed E-state index contributed by atoms with van der Waals surface area (Å²) in [7, 11) is 1.26. The molecule has 0 aliphatic heterocycles. The lowest BCUT2D eigenvalue weighted by molar-refractivity contribution is -0.142. The van der Waals surface area contributed by atoms with E-state index in [0.717, 1.165) is 6.42 Å². The monoisotopic (exact) mass is 448 g/mol. The Kier molecular flexibility index (Phi) is 9.64. The number of methoxy groups -OCH3 is 1. The number of carbonyl (C=O) groups is 2. The number of hydrazone groups is 1. The van der Waals surface area contributed by atoms with Crippen LogP contribution in [0.5, 0.6) is 17.2 Å². The average Bonchev–Trinajstić information content (AvgIpc) is 2.77. The van der Waals surface area contributed by atoms with E-state index in [4.69, 9.17) is 25.8 Å². The smallest absolute Gasteiger partial charge is 0.343 e. The van der Waals surface area contributed by atoms with Gasteiger partial charge in [-0.2, -0.15) is 5.10 Å². The number of benzene rings is 2. The second kappa shape index (κ2) is 12.4. The Labute approximate surface area is 186 Å². The van der Waals surface area contributed by atoms with Crippen molar-refractivity contribution in [2.45, 2.75) is 20.3 Å². The molecule has 0 bridgehead atoms. The summed E-state index contributed by atoms with van der Waals surface area (Å²) in [5.41, 5.74) is 3.47. The fraction of sp³-hybridized carbons (Fsp3) is 0.318. The van der Waals surface area contributed by atoms with Crippen LogP contribution in [-0.4, -0.2) is 45.0 Å². The van der Waals surface area contributed by atoms with Gasteiger partial charge >= 0.3 is 5.97 Å². The highest BCUT2D eigenvalue weighted by molar-refractivity contribution is 6.32. The predicted octanol–water partition coefficient (Wildman–Crippen LogP) is 3.84. The van der Waals surface area contributed by atoms with Gasteiger partial charge in [-0.1, -0.05) is 18.5 Å². The maximum Gasteiger partial charge on any atom is 0.343 e. The first-order chi connectivity index (χ1) is 15.0. The van der Waals surface area contributed by atoms with Crippen LogP contribution in [0.25, 0.3) is 0 Å². The van der Waals surface area contributed by atoms with Crippen LogP contribution in [0.4, 0.5) is 0 Å². The highest BCUT2D eigenvalue weighted by Gasteiger charge is 2.14. The highest BCUT2D eigenvalue weighted by Crippen LogP contribution is 2.36. The largest absolute Gasteiger partial charge is 0.494 e. The Morgan fingerprint density at radius 3 is 2.48 bits per heavy atom. The summed E-state index contributed by atoms with van der Waals surface area (Å²) >= 11 is 6.27. The van der Waals surface area contributed by atoms with Crippen LogP contribution in [-0.2, 0) is 9.53 Å². The SMILES string of the molecule is CCCOc1ccc(C(=O)N/N=C\c2cc(Cl)c(OCC(=O)OC)c(OCC)c2)cc1. The maximum absolute atomic E-state index is 12.2. The number of hydrogen-bond donors (Lipinski definition) is 1. The normalized spacial score (nSPS) is 10.6. The number of carbonyl (C=O) groups excluding carboxylic acids is 2. The molecule has 0 aliphatic rings. The summed E-state index contributed by atoms with van der Waals surface area (Å²) in [6, 6.07) is 10.00. The summed E-state index contributed by atoms with van der Waals surface area (Å²) < 4.78 is 21.0. The molecule has 2 aromatic rings. The Morgan fingerprint density at radius 1 is 1.10 bits per heavy atom. The summed E-state index contributed by atoms with van der Waals surface area (Å²) in [5.74, 6) is 0.355. The number of nitrogens with one attached hydrogen (secondary N) is 1. The van der Waals surface area contributed by atoms with Crippen LogP contribution in [0.3, 0.4) is 0 Å². The molecule has 2 aromatic carbocycles. The Hall–Kier alpha value is -3.26. The topological polar surface area (TPSA) is 95.5 Å².